The van der Waals surface area contributed by atoms with E-state index in [1.165, 1.54) is 11.8 Å². The van der Waals surface area contributed by atoms with Gasteiger partial charge in [0.1, 0.15) is 5.82 Å². The molecule has 2 aromatic rings. The van der Waals surface area contributed by atoms with Crippen molar-refractivity contribution in [1.29, 1.82) is 5.26 Å². The molecular weight excluding hydrogens is 396 g/mol. The first-order valence-corrected chi connectivity index (χ1v) is 11.1. The van der Waals surface area contributed by atoms with Crippen molar-refractivity contribution >= 4 is 23.4 Å². The number of fused-ring (bicyclic) bond motifs is 1. The first-order chi connectivity index (χ1) is 14.3. The summed E-state index contributed by atoms with van der Waals surface area (Å²) in [7, 11) is 0. The maximum Gasteiger partial charge on any atom is 0.257 e. The van der Waals surface area contributed by atoms with Gasteiger partial charge in [-0.25, -0.2) is 4.98 Å². The van der Waals surface area contributed by atoms with E-state index in [4.69, 9.17) is 5.26 Å². The molecule has 2 N–H and O–H groups in total. The van der Waals surface area contributed by atoms with Crippen molar-refractivity contribution in [2.45, 2.75) is 51.1 Å². The third-order valence-electron chi connectivity index (χ3n) is 5.52. The number of rotatable bonds is 4. The summed E-state index contributed by atoms with van der Waals surface area (Å²) >= 11 is 1.51. The van der Waals surface area contributed by atoms with E-state index in [0.29, 0.717) is 40.5 Å². The minimum absolute atomic E-state index is 0.0533. The van der Waals surface area contributed by atoms with Gasteiger partial charge in [0.25, 0.3) is 5.56 Å². The molecule has 1 aliphatic carbocycles. The van der Waals surface area contributed by atoms with Gasteiger partial charge in [-0.2, -0.15) is 5.26 Å². The number of aromatic nitrogens is 2. The number of nitriles is 1. The van der Waals surface area contributed by atoms with Crippen LogP contribution in [0.25, 0.3) is 0 Å². The maximum atomic E-state index is 13.2. The second kappa shape index (κ2) is 7.77. The van der Waals surface area contributed by atoms with Crippen LogP contribution in [0.15, 0.2) is 45.5 Å². The molecule has 1 atom stereocenters. The number of allylic oxidation sites excluding steroid dienone is 2. The third kappa shape index (κ3) is 3.68. The zero-order valence-electron chi connectivity index (χ0n) is 17.3. The van der Waals surface area contributed by atoms with Gasteiger partial charge in [0.15, 0.2) is 10.9 Å². The molecule has 1 unspecified atom stereocenters. The van der Waals surface area contributed by atoms with Crippen LogP contribution in [0.5, 0.6) is 0 Å². The van der Waals surface area contributed by atoms with E-state index in [-0.39, 0.29) is 16.8 Å². The first-order valence-electron chi connectivity index (χ1n) is 10.1. The van der Waals surface area contributed by atoms with Crippen LogP contribution < -0.4 is 10.9 Å². The van der Waals surface area contributed by atoms with E-state index in [2.05, 4.69) is 42.1 Å². The minimum Gasteiger partial charge on any atom is -0.343 e. The Morgan fingerprint density at radius 1 is 1.23 bits per heavy atom. The molecule has 0 spiro atoms. The molecule has 0 amide bonds. The summed E-state index contributed by atoms with van der Waals surface area (Å²) in [5.41, 5.74) is 2.93. The van der Waals surface area contributed by atoms with Crippen molar-refractivity contribution < 1.29 is 4.79 Å². The Kier molecular flexibility index (Phi) is 5.29. The smallest absolute Gasteiger partial charge is 0.257 e. The number of thioether (sulfide) groups is 1. The number of hydrogen-bond acceptors (Lipinski definition) is 6. The van der Waals surface area contributed by atoms with Crippen LogP contribution in [0.4, 0.5) is 5.82 Å². The molecular formula is C23H24N4O2S. The minimum atomic E-state index is -0.492. The summed E-state index contributed by atoms with van der Waals surface area (Å²) in [6, 6.07) is 9.22. The van der Waals surface area contributed by atoms with Crippen LogP contribution in [0.3, 0.4) is 0 Å². The van der Waals surface area contributed by atoms with Gasteiger partial charge in [0, 0.05) is 29.4 Å². The highest BCUT2D eigenvalue weighted by atomic mass is 32.2. The number of H-pyrrole nitrogens is 1. The number of hydrogen-bond donors (Lipinski definition) is 2. The molecule has 7 heteroatoms. The van der Waals surface area contributed by atoms with Gasteiger partial charge in [-0.05, 0) is 36.0 Å². The molecule has 0 fully saturated rings. The van der Waals surface area contributed by atoms with E-state index < -0.39 is 5.92 Å². The molecule has 4 rings (SSSR count). The normalized spacial score (nSPS) is 19.5. The van der Waals surface area contributed by atoms with Crippen molar-refractivity contribution in [3.63, 3.8) is 0 Å². The number of nitrogens with zero attached hydrogens (tertiary/aromatic N) is 2. The molecule has 2 aliphatic rings. The first kappa shape index (κ1) is 20.4. The summed E-state index contributed by atoms with van der Waals surface area (Å²) in [5, 5.41) is 13.0. The second-order valence-electron chi connectivity index (χ2n) is 8.61. The molecule has 1 aromatic heterocycles. The Balaban J connectivity index is 1.90. The van der Waals surface area contributed by atoms with Crippen molar-refractivity contribution in [2.24, 2.45) is 5.41 Å². The highest BCUT2D eigenvalue weighted by molar-refractivity contribution is 7.99. The Labute approximate surface area is 179 Å². The number of ketones is 1. The van der Waals surface area contributed by atoms with Gasteiger partial charge in [-0.3, -0.25) is 9.59 Å². The Morgan fingerprint density at radius 2 is 1.97 bits per heavy atom. The molecule has 0 saturated carbocycles. The summed E-state index contributed by atoms with van der Waals surface area (Å²) in [6.07, 6.45) is 2.13. The third-order valence-corrected chi connectivity index (χ3v) is 6.60. The molecule has 0 radical (unpaired) electrons. The number of aromatic amines is 1. The summed E-state index contributed by atoms with van der Waals surface area (Å²) in [4.78, 5) is 33.9. The number of carbonyl (C=O) groups is 1. The highest BCUT2D eigenvalue weighted by Crippen LogP contribution is 2.47. The highest BCUT2D eigenvalue weighted by Gasteiger charge is 2.42. The van der Waals surface area contributed by atoms with Gasteiger partial charge in [0.05, 0.1) is 17.2 Å². The monoisotopic (exact) mass is 420 g/mol. The lowest BCUT2D eigenvalue weighted by Crippen LogP contribution is -2.37. The fourth-order valence-electron chi connectivity index (χ4n) is 4.24. The number of benzene rings is 1. The topological polar surface area (TPSA) is 98.6 Å². The molecule has 0 saturated heterocycles. The molecule has 0 bridgehead atoms. The van der Waals surface area contributed by atoms with Crippen molar-refractivity contribution in [3.05, 3.63) is 62.6 Å². The van der Waals surface area contributed by atoms with Crippen LogP contribution in [0, 0.1) is 16.7 Å². The quantitative estimate of drug-likeness (QED) is 0.564. The van der Waals surface area contributed by atoms with Gasteiger partial charge >= 0.3 is 0 Å². The SMILES string of the molecule is CCCSc1nc2c(c(=O)[nH]1)C(c1ccc(C#N)cc1)C1=C(CC(C)(C)CC1=O)N2. The van der Waals surface area contributed by atoms with E-state index in [0.717, 1.165) is 23.4 Å². The maximum absolute atomic E-state index is 13.2. The average molecular weight is 421 g/mol. The molecule has 1 aromatic carbocycles. The van der Waals surface area contributed by atoms with Gasteiger partial charge in [0.2, 0.25) is 0 Å². The van der Waals surface area contributed by atoms with Gasteiger partial charge in [-0.15, -0.1) is 0 Å². The molecule has 154 valence electrons. The summed E-state index contributed by atoms with van der Waals surface area (Å²) in [6.45, 7) is 6.24. The number of anilines is 1. The van der Waals surface area contributed by atoms with Crippen LogP contribution in [0.1, 0.15) is 62.6 Å². The van der Waals surface area contributed by atoms with Gasteiger partial charge in [-0.1, -0.05) is 44.7 Å². The van der Waals surface area contributed by atoms with Gasteiger partial charge < -0.3 is 10.3 Å². The molecule has 30 heavy (non-hydrogen) atoms. The van der Waals surface area contributed by atoms with E-state index >= 15 is 0 Å². The molecule has 2 heterocycles. The fourth-order valence-corrected chi connectivity index (χ4v) is 4.96. The van der Waals surface area contributed by atoms with Crippen molar-refractivity contribution in [2.75, 3.05) is 11.1 Å². The summed E-state index contributed by atoms with van der Waals surface area (Å²) in [5.74, 6) is 0.947. The Bertz CT molecular complexity index is 1140. The Morgan fingerprint density at radius 3 is 2.63 bits per heavy atom. The molecule has 6 nitrogen and oxygen atoms in total. The van der Waals surface area contributed by atoms with Crippen LogP contribution in [-0.4, -0.2) is 21.5 Å². The number of nitrogens with one attached hydrogen (secondary N) is 2. The van der Waals surface area contributed by atoms with Crippen LogP contribution >= 0.6 is 11.8 Å². The number of carbonyl (C=O) groups excluding carboxylic acids is 1. The number of Topliss-reactive ketones (excluding diaryl/α,β-unsaturated/α-hetero) is 1. The predicted molar refractivity (Wildman–Crippen MR) is 118 cm³/mol. The second-order valence-corrected chi connectivity index (χ2v) is 9.69. The zero-order valence-corrected chi connectivity index (χ0v) is 18.2. The van der Waals surface area contributed by atoms with Crippen molar-refractivity contribution in [1.82, 2.24) is 9.97 Å². The lowest BCUT2D eigenvalue weighted by molar-refractivity contribution is -0.118. The van der Waals surface area contributed by atoms with E-state index in [9.17, 15) is 9.59 Å². The summed E-state index contributed by atoms with van der Waals surface area (Å²) < 4.78 is 0. The lowest BCUT2D eigenvalue weighted by Gasteiger charge is -2.38. The standard InChI is InChI=1S/C23H24N4O2S/c1-4-9-30-22-26-20-19(21(29)27-22)17(14-7-5-13(12-24)6-8-14)18-15(25-20)10-23(2,3)11-16(18)28/h5-8,17H,4,9-11H2,1-3H3,(H2,25,26,27,29). The predicted octanol–water partition coefficient (Wildman–Crippen LogP) is 4.34. The fraction of sp³-hybridized carbons (Fsp3) is 0.391. The van der Waals surface area contributed by atoms with E-state index in [1.54, 1.807) is 12.1 Å². The Hall–Kier alpha value is -2.85. The van der Waals surface area contributed by atoms with Crippen LogP contribution in [0.2, 0.25) is 0 Å². The largest absolute Gasteiger partial charge is 0.343 e. The van der Waals surface area contributed by atoms with Crippen molar-refractivity contribution in [3.8, 4) is 6.07 Å². The zero-order chi connectivity index (χ0) is 21.5. The van der Waals surface area contributed by atoms with E-state index in [1.807, 2.05) is 12.1 Å². The average Bonchev–Trinajstić information content (AvgIpc) is 2.70. The molecule has 1 aliphatic heterocycles. The lowest BCUT2D eigenvalue weighted by atomic mass is 9.69. The van der Waals surface area contributed by atoms with Crippen LogP contribution in [-0.2, 0) is 4.79 Å².